The number of halogens is 2. The minimum Gasteiger partial charge on any atom is -0.497 e. The molecule has 0 heterocycles. The predicted molar refractivity (Wildman–Crippen MR) is 82.2 cm³/mol. The summed E-state index contributed by atoms with van der Waals surface area (Å²) in [5.41, 5.74) is 2.66. The van der Waals surface area contributed by atoms with Crippen molar-refractivity contribution in [3.05, 3.63) is 51.5 Å². The van der Waals surface area contributed by atoms with E-state index in [1.54, 1.807) is 37.4 Å². The van der Waals surface area contributed by atoms with Crippen molar-refractivity contribution in [1.82, 2.24) is 0 Å². The number of hydrogen-bond donors (Lipinski definition) is 1. The summed E-state index contributed by atoms with van der Waals surface area (Å²) < 4.78 is 5.16. The average Bonchev–Trinajstić information content (AvgIpc) is 2.44. The third kappa shape index (κ3) is 2.98. The first-order valence-corrected chi connectivity index (χ1v) is 6.61. The Hall–Kier alpha value is -1.89. The molecule has 0 amide bonds. The van der Waals surface area contributed by atoms with E-state index in [1.165, 1.54) is 0 Å². The second-order valence-corrected chi connectivity index (χ2v) is 5.04. The summed E-state index contributed by atoms with van der Waals surface area (Å²) in [5.74, 6) is 0.654. The Morgan fingerprint density at radius 3 is 2.50 bits per heavy atom. The highest BCUT2D eigenvalue weighted by molar-refractivity contribution is 6.35. The standard InChI is InChI=1S/C15H12Cl2N2O/c1-9-5-13(17)15(7-12(9)16)19-14-6-11(20-2)4-3-10(14)8-18/h3-7,19H,1-2H3. The van der Waals surface area contributed by atoms with E-state index in [-0.39, 0.29) is 0 Å². The molecule has 0 radical (unpaired) electrons. The molecule has 0 unspecified atom stereocenters. The minimum atomic E-state index is 0.499. The van der Waals surface area contributed by atoms with Crippen LogP contribution in [0.25, 0.3) is 0 Å². The van der Waals surface area contributed by atoms with E-state index in [1.807, 2.05) is 6.92 Å². The van der Waals surface area contributed by atoms with Crippen molar-refractivity contribution in [3.63, 3.8) is 0 Å². The lowest BCUT2D eigenvalue weighted by atomic mass is 10.1. The molecule has 20 heavy (non-hydrogen) atoms. The van der Waals surface area contributed by atoms with Gasteiger partial charge in [-0.1, -0.05) is 23.2 Å². The number of hydrogen-bond acceptors (Lipinski definition) is 3. The fraction of sp³-hybridized carbons (Fsp3) is 0.133. The van der Waals surface area contributed by atoms with Gasteiger partial charge in [-0.05, 0) is 36.8 Å². The summed E-state index contributed by atoms with van der Waals surface area (Å²) in [7, 11) is 1.57. The SMILES string of the molecule is COc1ccc(C#N)c(Nc2cc(Cl)c(C)cc2Cl)c1. The number of aryl methyl sites for hydroxylation is 1. The van der Waals surface area contributed by atoms with E-state index < -0.39 is 0 Å². The number of rotatable bonds is 3. The summed E-state index contributed by atoms with van der Waals surface area (Å²) in [4.78, 5) is 0. The Morgan fingerprint density at radius 1 is 1.10 bits per heavy atom. The third-order valence-electron chi connectivity index (χ3n) is 2.86. The molecule has 3 nitrogen and oxygen atoms in total. The fourth-order valence-corrected chi connectivity index (χ4v) is 2.17. The van der Waals surface area contributed by atoms with Crippen LogP contribution in [0, 0.1) is 18.3 Å². The molecule has 0 saturated heterocycles. The highest BCUT2D eigenvalue weighted by Crippen LogP contribution is 2.33. The second-order valence-electron chi connectivity index (χ2n) is 4.23. The van der Waals surface area contributed by atoms with E-state index in [9.17, 15) is 0 Å². The quantitative estimate of drug-likeness (QED) is 0.875. The Labute approximate surface area is 127 Å². The van der Waals surface area contributed by atoms with Gasteiger partial charge in [0.1, 0.15) is 11.8 Å². The van der Waals surface area contributed by atoms with Crippen LogP contribution in [0.4, 0.5) is 11.4 Å². The molecule has 0 saturated carbocycles. The van der Waals surface area contributed by atoms with Crippen LogP contribution in [0.1, 0.15) is 11.1 Å². The summed E-state index contributed by atoms with van der Waals surface area (Å²) in [6.07, 6.45) is 0. The third-order valence-corrected chi connectivity index (χ3v) is 3.58. The Morgan fingerprint density at radius 2 is 1.85 bits per heavy atom. The second kappa shape index (κ2) is 6.04. The Kier molecular flexibility index (Phi) is 4.39. The number of ether oxygens (including phenoxy) is 1. The summed E-state index contributed by atoms with van der Waals surface area (Å²) in [5, 5.41) is 13.4. The van der Waals surface area contributed by atoms with Crippen LogP contribution >= 0.6 is 23.2 Å². The van der Waals surface area contributed by atoms with Gasteiger partial charge in [-0.15, -0.1) is 0 Å². The van der Waals surface area contributed by atoms with Gasteiger partial charge in [-0.25, -0.2) is 0 Å². The van der Waals surface area contributed by atoms with Gasteiger partial charge < -0.3 is 10.1 Å². The van der Waals surface area contributed by atoms with Gasteiger partial charge in [0.25, 0.3) is 0 Å². The van der Waals surface area contributed by atoms with Crippen molar-refractivity contribution in [2.45, 2.75) is 6.92 Å². The van der Waals surface area contributed by atoms with E-state index in [2.05, 4.69) is 11.4 Å². The number of nitrogens with zero attached hydrogens (tertiary/aromatic N) is 1. The van der Waals surface area contributed by atoms with Crippen LogP contribution in [0.2, 0.25) is 10.0 Å². The van der Waals surface area contributed by atoms with E-state index >= 15 is 0 Å². The van der Waals surface area contributed by atoms with E-state index in [4.69, 9.17) is 33.2 Å². The molecule has 0 aliphatic rings. The number of nitriles is 1. The molecule has 5 heteroatoms. The lowest BCUT2D eigenvalue weighted by Crippen LogP contribution is -1.96. The zero-order valence-electron chi connectivity index (χ0n) is 11.0. The molecular formula is C15H12Cl2N2O. The van der Waals surface area contributed by atoms with Gasteiger partial charge in [-0.2, -0.15) is 5.26 Å². The molecule has 0 atom stereocenters. The van der Waals surface area contributed by atoms with Crippen molar-refractivity contribution < 1.29 is 4.74 Å². The van der Waals surface area contributed by atoms with Crippen LogP contribution in [0.3, 0.4) is 0 Å². The fourth-order valence-electron chi connectivity index (χ4n) is 1.74. The topological polar surface area (TPSA) is 45.0 Å². The number of nitrogens with one attached hydrogen (secondary N) is 1. The monoisotopic (exact) mass is 306 g/mol. The minimum absolute atomic E-state index is 0.499. The first kappa shape index (κ1) is 14.5. The van der Waals surface area contributed by atoms with Crippen molar-refractivity contribution in [3.8, 4) is 11.8 Å². The largest absolute Gasteiger partial charge is 0.497 e. The van der Waals surface area contributed by atoms with Crippen LogP contribution in [-0.2, 0) is 0 Å². The van der Waals surface area contributed by atoms with Gasteiger partial charge in [0.2, 0.25) is 0 Å². The van der Waals surface area contributed by atoms with Crippen LogP contribution in [-0.4, -0.2) is 7.11 Å². The van der Waals surface area contributed by atoms with Gasteiger partial charge in [0, 0.05) is 11.1 Å². The Bertz CT molecular complexity index is 693. The lowest BCUT2D eigenvalue weighted by molar-refractivity contribution is 0.415. The van der Waals surface area contributed by atoms with Crippen LogP contribution in [0.15, 0.2) is 30.3 Å². The number of anilines is 2. The zero-order chi connectivity index (χ0) is 14.7. The van der Waals surface area contributed by atoms with Gasteiger partial charge in [-0.3, -0.25) is 0 Å². The molecule has 1 N–H and O–H groups in total. The number of methoxy groups -OCH3 is 1. The first-order chi connectivity index (χ1) is 9.55. The molecule has 2 rings (SSSR count). The molecule has 0 aliphatic heterocycles. The molecule has 0 aliphatic carbocycles. The van der Waals surface area contributed by atoms with Crippen LogP contribution in [0.5, 0.6) is 5.75 Å². The predicted octanol–water partition coefficient (Wildman–Crippen LogP) is 4.93. The molecular weight excluding hydrogens is 295 g/mol. The molecule has 0 bridgehead atoms. The summed E-state index contributed by atoms with van der Waals surface area (Å²) in [6, 6.07) is 10.8. The molecule has 0 aromatic heterocycles. The average molecular weight is 307 g/mol. The molecule has 2 aromatic rings. The highest BCUT2D eigenvalue weighted by atomic mass is 35.5. The lowest BCUT2D eigenvalue weighted by Gasteiger charge is -2.12. The highest BCUT2D eigenvalue weighted by Gasteiger charge is 2.09. The van der Waals surface area contributed by atoms with E-state index in [0.717, 1.165) is 5.56 Å². The maximum absolute atomic E-state index is 9.14. The van der Waals surface area contributed by atoms with Gasteiger partial charge in [0.15, 0.2) is 0 Å². The molecule has 102 valence electrons. The van der Waals surface area contributed by atoms with Crippen molar-refractivity contribution in [1.29, 1.82) is 5.26 Å². The van der Waals surface area contributed by atoms with Crippen molar-refractivity contribution in [2.75, 3.05) is 12.4 Å². The van der Waals surface area contributed by atoms with Crippen LogP contribution < -0.4 is 10.1 Å². The molecule has 0 fully saturated rings. The molecule has 0 spiro atoms. The smallest absolute Gasteiger partial charge is 0.121 e. The van der Waals surface area contributed by atoms with Gasteiger partial charge >= 0.3 is 0 Å². The normalized spacial score (nSPS) is 9.95. The molecule has 2 aromatic carbocycles. The zero-order valence-corrected chi connectivity index (χ0v) is 12.5. The van der Waals surface area contributed by atoms with Crippen molar-refractivity contribution in [2.24, 2.45) is 0 Å². The number of benzene rings is 2. The maximum Gasteiger partial charge on any atom is 0.121 e. The van der Waals surface area contributed by atoms with Crippen molar-refractivity contribution >= 4 is 34.6 Å². The van der Waals surface area contributed by atoms with E-state index in [0.29, 0.717) is 32.7 Å². The summed E-state index contributed by atoms with van der Waals surface area (Å²) >= 11 is 12.3. The maximum atomic E-state index is 9.14. The summed E-state index contributed by atoms with van der Waals surface area (Å²) in [6.45, 7) is 1.88. The Balaban J connectivity index is 2.44. The first-order valence-electron chi connectivity index (χ1n) is 5.86. The van der Waals surface area contributed by atoms with Gasteiger partial charge in [0.05, 0.1) is 29.1 Å².